The summed E-state index contributed by atoms with van der Waals surface area (Å²) in [5.41, 5.74) is 2.06. The highest BCUT2D eigenvalue weighted by Crippen LogP contribution is 2.23. The van der Waals surface area contributed by atoms with Crippen LogP contribution in [0.5, 0.6) is 0 Å². The first-order valence-electron chi connectivity index (χ1n) is 6.24. The minimum atomic E-state index is -0.306. The number of likely N-dealkylation sites (tertiary alicyclic amines) is 1. The first-order valence-corrected chi connectivity index (χ1v) is 6.24. The molecule has 2 rings (SSSR count). The summed E-state index contributed by atoms with van der Waals surface area (Å²) in [7, 11) is 1.98. The van der Waals surface area contributed by atoms with E-state index in [2.05, 4.69) is 10.2 Å². The Morgan fingerprint density at radius 3 is 2.84 bits per heavy atom. The maximum atomic E-state index is 10.9. The zero-order valence-electron chi connectivity index (χ0n) is 11.3. The average Bonchev–Trinajstić information content (AvgIpc) is 2.79. The summed E-state index contributed by atoms with van der Waals surface area (Å²) in [6.07, 6.45) is 1.14. The van der Waals surface area contributed by atoms with Gasteiger partial charge in [0, 0.05) is 37.3 Å². The van der Waals surface area contributed by atoms with Crippen LogP contribution in [0.2, 0.25) is 0 Å². The van der Waals surface area contributed by atoms with Crippen molar-refractivity contribution in [3.8, 4) is 0 Å². The van der Waals surface area contributed by atoms with Gasteiger partial charge in [-0.15, -0.1) is 12.4 Å². The van der Waals surface area contributed by atoms with E-state index in [0.29, 0.717) is 6.04 Å². The van der Waals surface area contributed by atoms with E-state index in [9.17, 15) is 10.1 Å². The van der Waals surface area contributed by atoms with Crippen molar-refractivity contribution in [3.63, 3.8) is 0 Å². The Morgan fingerprint density at radius 1 is 1.53 bits per heavy atom. The molecule has 1 aromatic carbocycles. The van der Waals surface area contributed by atoms with Crippen molar-refractivity contribution < 1.29 is 4.92 Å². The lowest BCUT2D eigenvalue weighted by Crippen LogP contribution is -2.29. The predicted octanol–water partition coefficient (Wildman–Crippen LogP) is 2.12. The minimum Gasteiger partial charge on any atom is -0.316 e. The van der Waals surface area contributed by atoms with Gasteiger partial charge in [0.25, 0.3) is 5.69 Å². The molecule has 1 saturated heterocycles. The smallest absolute Gasteiger partial charge is 0.272 e. The highest BCUT2D eigenvalue weighted by Gasteiger charge is 2.22. The van der Waals surface area contributed by atoms with Gasteiger partial charge in [-0.25, -0.2) is 0 Å². The fourth-order valence-corrected chi connectivity index (χ4v) is 2.49. The number of likely N-dealkylation sites (N-methyl/N-ethyl adjacent to an activating group) is 1. The number of halogens is 1. The van der Waals surface area contributed by atoms with Crippen LogP contribution in [0.25, 0.3) is 0 Å². The van der Waals surface area contributed by atoms with Crippen molar-refractivity contribution in [2.24, 2.45) is 0 Å². The molecule has 1 atom stereocenters. The second kappa shape index (κ2) is 6.84. The average molecular weight is 286 g/mol. The second-order valence-electron chi connectivity index (χ2n) is 4.83. The quantitative estimate of drug-likeness (QED) is 0.680. The van der Waals surface area contributed by atoms with E-state index in [0.717, 1.165) is 37.2 Å². The van der Waals surface area contributed by atoms with Gasteiger partial charge in [0.1, 0.15) is 0 Å². The number of hydrogen-bond acceptors (Lipinski definition) is 4. The van der Waals surface area contributed by atoms with Crippen LogP contribution in [0.1, 0.15) is 17.5 Å². The maximum absolute atomic E-state index is 10.9. The van der Waals surface area contributed by atoms with Gasteiger partial charge in [-0.2, -0.15) is 0 Å². The van der Waals surface area contributed by atoms with E-state index in [4.69, 9.17) is 0 Å². The first kappa shape index (κ1) is 15.9. The molecule has 0 saturated carbocycles. The normalized spacial score (nSPS) is 19.2. The molecule has 0 bridgehead atoms. The van der Waals surface area contributed by atoms with Crippen LogP contribution in [0.15, 0.2) is 18.2 Å². The molecular formula is C13H20ClN3O2. The Labute approximate surface area is 119 Å². The van der Waals surface area contributed by atoms with E-state index >= 15 is 0 Å². The number of nitro benzene ring substituents is 1. The Kier molecular flexibility index (Phi) is 5.72. The third kappa shape index (κ3) is 3.65. The van der Waals surface area contributed by atoms with E-state index in [1.165, 1.54) is 0 Å². The maximum Gasteiger partial charge on any atom is 0.272 e. The van der Waals surface area contributed by atoms with Crippen molar-refractivity contribution in [2.45, 2.75) is 25.9 Å². The molecule has 106 valence electrons. The van der Waals surface area contributed by atoms with E-state index in [1.807, 2.05) is 20.0 Å². The highest BCUT2D eigenvalue weighted by molar-refractivity contribution is 5.85. The van der Waals surface area contributed by atoms with Gasteiger partial charge in [0.15, 0.2) is 0 Å². The van der Waals surface area contributed by atoms with Crippen LogP contribution in [0.3, 0.4) is 0 Å². The molecule has 1 unspecified atom stereocenters. The third-order valence-corrected chi connectivity index (χ3v) is 3.69. The fourth-order valence-electron chi connectivity index (χ4n) is 2.49. The summed E-state index contributed by atoms with van der Waals surface area (Å²) < 4.78 is 0. The molecule has 0 amide bonds. The fraction of sp³-hybridized carbons (Fsp3) is 0.538. The monoisotopic (exact) mass is 285 g/mol. The Bertz CT molecular complexity index is 454. The van der Waals surface area contributed by atoms with Crippen molar-refractivity contribution in [1.82, 2.24) is 10.2 Å². The zero-order valence-corrected chi connectivity index (χ0v) is 12.1. The summed E-state index contributed by atoms with van der Waals surface area (Å²) in [6.45, 7) is 4.69. The van der Waals surface area contributed by atoms with Crippen LogP contribution < -0.4 is 5.32 Å². The van der Waals surface area contributed by atoms with E-state index in [-0.39, 0.29) is 23.0 Å². The third-order valence-electron chi connectivity index (χ3n) is 3.69. The molecule has 0 spiro atoms. The number of hydrogen-bond donors (Lipinski definition) is 1. The zero-order chi connectivity index (χ0) is 13.1. The van der Waals surface area contributed by atoms with Gasteiger partial charge in [-0.1, -0.05) is 12.1 Å². The van der Waals surface area contributed by atoms with Gasteiger partial charge in [-0.05, 0) is 26.0 Å². The topological polar surface area (TPSA) is 58.4 Å². The number of rotatable bonds is 4. The molecule has 1 heterocycles. The van der Waals surface area contributed by atoms with Crippen LogP contribution in [-0.4, -0.2) is 36.0 Å². The molecule has 5 nitrogen and oxygen atoms in total. The highest BCUT2D eigenvalue weighted by atomic mass is 35.5. The van der Waals surface area contributed by atoms with Crippen LogP contribution in [0, 0.1) is 17.0 Å². The molecule has 1 fully saturated rings. The van der Waals surface area contributed by atoms with Gasteiger partial charge < -0.3 is 5.32 Å². The van der Waals surface area contributed by atoms with Crippen molar-refractivity contribution in [2.75, 3.05) is 20.1 Å². The minimum absolute atomic E-state index is 0. The summed E-state index contributed by atoms with van der Waals surface area (Å²) in [5, 5.41) is 14.2. The molecule has 19 heavy (non-hydrogen) atoms. The lowest BCUT2D eigenvalue weighted by atomic mass is 10.1. The number of nitro groups is 1. The number of nitrogens with zero attached hydrogens (tertiary/aromatic N) is 2. The molecule has 1 aromatic rings. The summed E-state index contributed by atoms with van der Waals surface area (Å²) in [5.74, 6) is 0. The SMILES string of the molecule is CNC1CCN(Cc2cccc([N+](=O)[O-])c2C)C1.Cl. The number of benzene rings is 1. The van der Waals surface area contributed by atoms with Crippen LogP contribution >= 0.6 is 12.4 Å². The molecule has 1 aliphatic rings. The molecule has 1 N–H and O–H groups in total. The predicted molar refractivity (Wildman–Crippen MR) is 77.8 cm³/mol. The summed E-state index contributed by atoms with van der Waals surface area (Å²) in [4.78, 5) is 12.9. The molecule has 0 aliphatic carbocycles. The Hall–Kier alpha value is -1.17. The second-order valence-corrected chi connectivity index (χ2v) is 4.83. The molecule has 0 aromatic heterocycles. The van der Waals surface area contributed by atoms with E-state index in [1.54, 1.807) is 12.1 Å². The molecule has 1 aliphatic heterocycles. The van der Waals surface area contributed by atoms with Crippen molar-refractivity contribution in [1.29, 1.82) is 0 Å². The Morgan fingerprint density at radius 2 is 2.26 bits per heavy atom. The lowest BCUT2D eigenvalue weighted by molar-refractivity contribution is -0.385. The van der Waals surface area contributed by atoms with Crippen LogP contribution in [0.4, 0.5) is 5.69 Å². The van der Waals surface area contributed by atoms with Crippen molar-refractivity contribution >= 4 is 18.1 Å². The summed E-state index contributed by atoms with van der Waals surface area (Å²) in [6, 6.07) is 5.87. The lowest BCUT2D eigenvalue weighted by Gasteiger charge is -2.17. The standard InChI is InChI=1S/C13H19N3O2.ClH/c1-10-11(4-3-5-13(10)16(17)18)8-15-7-6-12(9-15)14-2;/h3-5,12,14H,6-9H2,1-2H3;1H. The van der Waals surface area contributed by atoms with Gasteiger partial charge >= 0.3 is 0 Å². The van der Waals surface area contributed by atoms with Gasteiger partial charge in [0.05, 0.1) is 4.92 Å². The Balaban J connectivity index is 0.00000180. The number of nitrogens with one attached hydrogen (secondary N) is 1. The van der Waals surface area contributed by atoms with Crippen LogP contribution in [-0.2, 0) is 6.54 Å². The molecular weight excluding hydrogens is 266 g/mol. The summed E-state index contributed by atoms with van der Waals surface area (Å²) >= 11 is 0. The largest absolute Gasteiger partial charge is 0.316 e. The molecule has 6 heteroatoms. The first-order chi connectivity index (χ1) is 8.61. The van der Waals surface area contributed by atoms with Gasteiger partial charge in [-0.3, -0.25) is 15.0 Å². The van der Waals surface area contributed by atoms with Gasteiger partial charge in [0.2, 0.25) is 0 Å². The molecule has 0 radical (unpaired) electrons. The van der Waals surface area contributed by atoms with E-state index < -0.39 is 0 Å². The van der Waals surface area contributed by atoms with Crippen molar-refractivity contribution in [3.05, 3.63) is 39.4 Å².